The van der Waals surface area contributed by atoms with Crippen molar-refractivity contribution in [2.45, 2.75) is 18.8 Å². The number of rotatable bonds is 3. The van der Waals surface area contributed by atoms with Gasteiger partial charge in [0.25, 0.3) is 0 Å². The summed E-state index contributed by atoms with van der Waals surface area (Å²) in [4.78, 5) is 11.3. The van der Waals surface area contributed by atoms with Crippen molar-refractivity contribution < 1.29 is 19.7 Å². The van der Waals surface area contributed by atoms with E-state index in [1.165, 1.54) is 0 Å². The van der Waals surface area contributed by atoms with Crippen LogP contribution < -0.4 is 0 Å². The molecule has 0 bridgehead atoms. The highest BCUT2D eigenvalue weighted by Gasteiger charge is 2.24. The lowest BCUT2D eigenvalue weighted by molar-refractivity contribution is 0.0341. The maximum atomic E-state index is 11.3. The first-order chi connectivity index (χ1) is 7.63. The molecule has 16 heavy (non-hydrogen) atoms. The Bertz CT molecular complexity index is 418. The highest BCUT2D eigenvalue weighted by molar-refractivity contribution is 9.09. The number of esters is 1. The summed E-state index contributed by atoms with van der Waals surface area (Å²) in [6.45, 7) is 0.283. The van der Waals surface area contributed by atoms with Crippen molar-refractivity contribution in [1.29, 1.82) is 0 Å². The topological polar surface area (TPSA) is 66.8 Å². The SMILES string of the molecule is O=C1OCc2ccc(C(O)C(O)CBr)cc21. The molecule has 2 unspecified atom stereocenters. The Morgan fingerprint density at radius 3 is 2.88 bits per heavy atom. The van der Waals surface area contributed by atoms with E-state index >= 15 is 0 Å². The molecule has 4 nitrogen and oxygen atoms in total. The zero-order valence-electron chi connectivity index (χ0n) is 8.39. The second kappa shape index (κ2) is 4.53. The van der Waals surface area contributed by atoms with Gasteiger partial charge in [-0.15, -0.1) is 0 Å². The summed E-state index contributed by atoms with van der Waals surface area (Å²) in [5.74, 6) is -0.377. The predicted octanol–water partition coefficient (Wildman–Crippen LogP) is 1.15. The van der Waals surface area contributed by atoms with Gasteiger partial charge in [-0.05, 0) is 11.6 Å². The minimum atomic E-state index is -1.00. The number of aliphatic hydroxyl groups is 2. The normalized spacial score (nSPS) is 17.8. The fourth-order valence-electron chi connectivity index (χ4n) is 1.62. The quantitative estimate of drug-likeness (QED) is 0.646. The number of fused-ring (bicyclic) bond motifs is 1. The number of aliphatic hydroxyl groups excluding tert-OH is 2. The number of alkyl halides is 1. The third-order valence-electron chi connectivity index (χ3n) is 2.58. The van der Waals surface area contributed by atoms with Crippen molar-refractivity contribution in [3.8, 4) is 0 Å². The first-order valence-corrected chi connectivity index (χ1v) is 5.97. The van der Waals surface area contributed by atoms with Crippen molar-refractivity contribution in [2.24, 2.45) is 0 Å². The van der Waals surface area contributed by atoms with Gasteiger partial charge in [-0.1, -0.05) is 28.1 Å². The molecule has 5 heteroatoms. The average molecular weight is 287 g/mol. The fraction of sp³-hybridized carbons (Fsp3) is 0.364. The highest BCUT2D eigenvalue weighted by atomic mass is 79.9. The van der Waals surface area contributed by atoms with Crippen LogP contribution in [0.1, 0.15) is 27.6 Å². The molecule has 86 valence electrons. The number of carbonyl (C=O) groups is 1. The largest absolute Gasteiger partial charge is 0.457 e. The number of cyclic esters (lactones) is 1. The molecule has 1 aromatic rings. The third-order valence-corrected chi connectivity index (χ3v) is 3.24. The van der Waals surface area contributed by atoms with Gasteiger partial charge in [0.05, 0.1) is 11.7 Å². The minimum absolute atomic E-state index is 0.274. The highest BCUT2D eigenvalue weighted by Crippen LogP contribution is 2.25. The molecular weight excluding hydrogens is 276 g/mol. The summed E-state index contributed by atoms with van der Waals surface area (Å²) in [5.41, 5.74) is 1.80. The first kappa shape index (κ1) is 11.6. The van der Waals surface area contributed by atoms with Crippen molar-refractivity contribution in [2.75, 3.05) is 5.33 Å². The van der Waals surface area contributed by atoms with E-state index in [4.69, 9.17) is 4.74 Å². The lowest BCUT2D eigenvalue weighted by Crippen LogP contribution is -2.19. The van der Waals surface area contributed by atoms with Gasteiger partial charge < -0.3 is 14.9 Å². The van der Waals surface area contributed by atoms with Crippen LogP contribution in [0.25, 0.3) is 0 Å². The molecule has 0 amide bonds. The van der Waals surface area contributed by atoms with E-state index in [9.17, 15) is 15.0 Å². The van der Waals surface area contributed by atoms with Crippen LogP contribution in [-0.2, 0) is 11.3 Å². The molecule has 2 N–H and O–H groups in total. The number of hydrogen-bond acceptors (Lipinski definition) is 4. The number of halogens is 1. The molecule has 0 radical (unpaired) electrons. The minimum Gasteiger partial charge on any atom is -0.457 e. The van der Waals surface area contributed by atoms with Gasteiger partial charge in [-0.3, -0.25) is 0 Å². The zero-order chi connectivity index (χ0) is 11.7. The average Bonchev–Trinajstić information content (AvgIpc) is 2.68. The third kappa shape index (κ3) is 1.98. The summed E-state index contributed by atoms with van der Waals surface area (Å²) in [6, 6.07) is 5.00. The zero-order valence-corrected chi connectivity index (χ0v) is 9.98. The molecule has 1 heterocycles. The molecule has 1 aromatic carbocycles. The monoisotopic (exact) mass is 286 g/mol. The number of benzene rings is 1. The Hall–Kier alpha value is -0.910. The molecule has 2 rings (SSSR count). The molecule has 2 atom stereocenters. The van der Waals surface area contributed by atoms with E-state index in [1.807, 2.05) is 0 Å². The first-order valence-electron chi connectivity index (χ1n) is 4.85. The van der Waals surface area contributed by atoms with E-state index in [-0.39, 0.29) is 17.9 Å². The van der Waals surface area contributed by atoms with Gasteiger partial charge >= 0.3 is 5.97 Å². The second-order valence-electron chi connectivity index (χ2n) is 3.66. The van der Waals surface area contributed by atoms with Gasteiger partial charge in [0, 0.05) is 10.9 Å². The van der Waals surface area contributed by atoms with Crippen molar-refractivity contribution >= 4 is 21.9 Å². The Labute approximate surface area is 101 Å². The number of hydrogen-bond donors (Lipinski definition) is 2. The Morgan fingerprint density at radius 2 is 2.19 bits per heavy atom. The van der Waals surface area contributed by atoms with Crippen molar-refractivity contribution in [3.05, 3.63) is 34.9 Å². The van der Waals surface area contributed by atoms with E-state index in [2.05, 4.69) is 15.9 Å². The maximum absolute atomic E-state index is 11.3. The molecule has 0 aromatic heterocycles. The second-order valence-corrected chi connectivity index (χ2v) is 4.31. The van der Waals surface area contributed by atoms with Crippen molar-refractivity contribution in [3.63, 3.8) is 0 Å². The Balaban J connectivity index is 2.31. The van der Waals surface area contributed by atoms with Crippen LogP contribution in [0.4, 0.5) is 0 Å². The molecular formula is C11H11BrO4. The van der Waals surface area contributed by atoms with Crippen LogP contribution in [0.15, 0.2) is 18.2 Å². The maximum Gasteiger partial charge on any atom is 0.338 e. The molecule has 0 fully saturated rings. The van der Waals surface area contributed by atoms with Gasteiger partial charge in [0.15, 0.2) is 0 Å². The van der Waals surface area contributed by atoms with Crippen LogP contribution in [0.2, 0.25) is 0 Å². The van der Waals surface area contributed by atoms with Crippen LogP contribution in [0.3, 0.4) is 0 Å². The molecule has 0 saturated heterocycles. The number of ether oxygens (including phenoxy) is 1. The summed E-state index contributed by atoms with van der Waals surface area (Å²) in [5, 5.41) is 19.5. The van der Waals surface area contributed by atoms with Crippen LogP contribution in [0, 0.1) is 0 Å². The molecule has 0 saturated carbocycles. The standard InChI is InChI=1S/C11H11BrO4/c12-4-9(13)10(14)6-1-2-7-5-16-11(15)8(7)3-6/h1-3,9-10,13-14H,4-5H2. The van der Waals surface area contributed by atoms with Crippen LogP contribution in [-0.4, -0.2) is 27.6 Å². The Morgan fingerprint density at radius 1 is 1.44 bits per heavy atom. The van der Waals surface area contributed by atoms with Crippen molar-refractivity contribution in [1.82, 2.24) is 0 Å². The summed E-state index contributed by atoms with van der Waals surface area (Å²) in [6.07, 6.45) is -1.89. The van der Waals surface area contributed by atoms with E-state index in [0.717, 1.165) is 5.56 Å². The Kier molecular flexibility index (Phi) is 3.28. The fourth-order valence-corrected chi connectivity index (χ4v) is 1.98. The van der Waals surface area contributed by atoms with E-state index in [0.29, 0.717) is 11.1 Å². The van der Waals surface area contributed by atoms with Gasteiger partial charge in [0.1, 0.15) is 12.7 Å². The lowest BCUT2D eigenvalue weighted by atomic mass is 10.00. The van der Waals surface area contributed by atoms with Crippen LogP contribution >= 0.6 is 15.9 Å². The van der Waals surface area contributed by atoms with Crippen LogP contribution in [0.5, 0.6) is 0 Å². The van der Waals surface area contributed by atoms with Gasteiger partial charge in [-0.2, -0.15) is 0 Å². The summed E-state index contributed by atoms with van der Waals surface area (Å²) >= 11 is 3.09. The summed E-state index contributed by atoms with van der Waals surface area (Å²) in [7, 11) is 0. The van der Waals surface area contributed by atoms with Gasteiger partial charge in [0.2, 0.25) is 0 Å². The predicted molar refractivity (Wildman–Crippen MR) is 60.3 cm³/mol. The van der Waals surface area contributed by atoms with E-state index < -0.39 is 12.2 Å². The smallest absolute Gasteiger partial charge is 0.338 e. The molecule has 0 aliphatic carbocycles. The van der Waals surface area contributed by atoms with E-state index in [1.54, 1.807) is 18.2 Å². The van der Waals surface area contributed by atoms with Gasteiger partial charge in [-0.25, -0.2) is 4.79 Å². The summed E-state index contributed by atoms with van der Waals surface area (Å²) < 4.78 is 4.85. The molecule has 1 aliphatic rings. The lowest BCUT2D eigenvalue weighted by Gasteiger charge is -2.16. The molecule has 0 spiro atoms. The molecule has 1 aliphatic heterocycles. The number of carbonyl (C=O) groups excluding carboxylic acids is 1.